The molecule has 0 fully saturated rings. The molecule has 0 saturated carbocycles. The Bertz CT molecular complexity index is 830. The number of para-hydroxylation sites is 1. The molecule has 9 heteroatoms. The van der Waals surface area contributed by atoms with Crippen molar-refractivity contribution in [3.8, 4) is 0 Å². The zero-order valence-corrected chi connectivity index (χ0v) is 15.8. The first-order valence-corrected chi connectivity index (χ1v) is 9.03. The van der Waals surface area contributed by atoms with Gasteiger partial charge in [-0.05, 0) is 32.4 Å². The van der Waals surface area contributed by atoms with Gasteiger partial charge in [0.1, 0.15) is 0 Å². The summed E-state index contributed by atoms with van der Waals surface area (Å²) >= 11 is 1.17. The molecule has 1 amide bonds. The molecular weight excluding hydrogens is 356 g/mol. The molecule has 2 N–H and O–H groups in total. The highest BCUT2D eigenvalue weighted by Crippen LogP contribution is 2.23. The monoisotopic (exact) mass is 378 g/mol. The Morgan fingerprint density at radius 3 is 2.81 bits per heavy atom. The highest BCUT2D eigenvalue weighted by molar-refractivity contribution is 8.00. The molecule has 0 saturated heterocycles. The fourth-order valence-corrected chi connectivity index (χ4v) is 3.18. The summed E-state index contributed by atoms with van der Waals surface area (Å²) in [5.41, 5.74) is 0.601. The summed E-state index contributed by atoms with van der Waals surface area (Å²) in [5, 5.41) is 9.08. The fourth-order valence-electron chi connectivity index (χ4n) is 2.30. The summed E-state index contributed by atoms with van der Waals surface area (Å²) in [6.07, 6.45) is 0.663. The molecule has 0 spiro atoms. The number of hydrogen-bond acceptors (Lipinski definition) is 6. The molecule has 8 nitrogen and oxygen atoms in total. The van der Waals surface area contributed by atoms with Crippen LogP contribution in [0.3, 0.4) is 0 Å². The summed E-state index contributed by atoms with van der Waals surface area (Å²) in [4.78, 5) is 36.0. The van der Waals surface area contributed by atoms with Gasteiger partial charge in [0.15, 0.2) is 10.9 Å². The van der Waals surface area contributed by atoms with Crippen LogP contribution >= 0.6 is 11.8 Å². The van der Waals surface area contributed by atoms with Gasteiger partial charge in [-0.1, -0.05) is 23.9 Å². The molecule has 1 atom stereocenters. The number of amides is 1. The number of thioether (sulfide) groups is 1. The van der Waals surface area contributed by atoms with Crippen molar-refractivity contribution in [2.75, 3.05) is 19.0 Å². The molecule has 0 aliphatic heterocycles. The van der Waals surface area contributed by atoms with Gasteiger partial charge in [0, 0.05) is 25.8 Å². The van der Waals surface area contributed by atoms with Crippen LogP contribution in [0.25, 0.3) is 0 Å². The van der Waals surface area contributed by atoms with Crippen LogP contribution in [-0.2, 0) is 16.1 Å². The van der Waals surface area contributed by atoms with E-state index >= 15 is 0 Å². The van der Waals surface area contributed by atoms with E-state index in [0.29, 0.717) is 36.0 Å². The molecule has 0 radical (unpaired) electrons. The van der Waals surface area contributed by atoms with Crippen LogP contribution in [0.15, 0.2) is 34.2 Å². The Balaban J connectivity index is 2.06. The lowest BCUT2D eigenvalue weighted by Gasteiger charge is -2.13. The summed E-state index contributed by atoms with van der Waals surface area (Å²) in [6.45, 7) is 4.15. The zero-order valence-electron chi connectivity index (χ0n) is 14.9. The molecule has 1 aromatic carbocycles. The molecular formula is C17H22N4O4S. The molecule has 0 bridgehead atoms. The SMILES string of the molecule is COCCCn1c(S[C@H](C)C(=O)Nc2ccccc2C(C)=O)n[nH]c1=O. The van der Waals surface area contributed by atoms with Crippen molar-refractivity contribution in [2.45, 2.75) is 37.2 Å². The molecule has 1 heterocycles. The number of carbonyl (C=O) groups is 2. The van der Waals surface area contributed by atoms with Crippen LogP contribution in [0, 0.1) is 0 Å². The number of rotatable bonds is 9. The lowest BCUT2D eigenvalue weighted by molar-refractivity contribution is -0.115. The third-order valence-corrected chi connectivity index (χ3v) is 4.76. The van der Waals surface area contributed by atoms with Gasteiger partial charge in [0.05, 0.1) is 10.9 Å². The zero-order chi connectivity index (χ0) is 19.1. The minimum atomic E-state index is -0.508. The molecule has 1 aromatic heterocycles. The normalized spacial score (nSPS) is 12.0. The van der Waals surface area contributed by atoms with Crippen LogP contribution in [-0.4, -0.2) is 45.4 Å². The number of nitrogens with one attached hydrogen (secondary N) is 2. The highest BCUT2D eigenvalue weighted by atomic mass is 32.2. The standard InChI is InChI=1S/C17H22N4O4S/c1-11(22)13-7-4-5-8-14(13)18-15(23)12(2)26-17-20-19-16(24)21(17)9-6-10-25-3/h4-5,7-8,12H,6,9-10H2,1-3H3,(H,18,23)(H,19,24)/t12-/m1/s1. The molecule has 140 valence electrons. The van der Waals surface area contributed by atoms with Gasteiger partial charge in [-0.15, -0.1) is 5.10 Å². The Hall–Kier alpha value is -2.39. The van der Waals surface area contributed by atoms with Gasteiger partial charge in [0.2, 0.25) is 5.91 Å². The molecule has 2 aromatic rings. The van der Waals surface area contributed by atoms with E-state index in [2.05, 4.69) is 15.5 Å². The van der Waals surface area contributed by atoms with Gasteiger partial charge in [-0.25, -0.2) is 9.89 Å². The maximum absolute atomic E-state index is 12.5. The summed E-state index contributed by atoms with van der Waals surface area (Å²) in [5.74, 6) is -0.400. The lowest BCUT2D eigenvalue weighted by Crippen LogP contribution is -2.25. The predicted molar refractivity (Wildman–Crippen MR) is 99.7 cm³/mol. The number of nitrogens with zero attached hydrogens (tertiary/aromatic N) is 2. The van der Waals surface area contributed by atoms with Gasteiger partial charge in [-0.2, -0.15) is 0 Å². The molecule has 0 unspecified atom stereocenters. The molecule has 26 heavy (non-hydrogen) atoms. The quantitative estimate of drug-likeness (QED) is 0.392. The molecule has 0 aliphatic rings. The van der Waals surface area contributed by atoms with Crippen molar-refractivity contribution in [1.29, 1.82) is 0 Å². The number of carbonyl (C=O) groups excluding carboxylic acids is 2. The van der Waals surface area contributed by atoms with Crippen LogP contribution in [0.4, 0.5) is 5.69 Å². The first kappa shape index (κ1) is 19.9. The average molecular weight is 378 g/mol. The van der Waals surface area contributed by atoms with E-state index < -0.39 is 5.25 Å². The van der Waals surface area contributed by atoms with Gasteiger partial charge in [-0.3, -0.25) is 14.2 Å². The van der Waals surface area contributed by atoms with E-state index in [1.807, 2.05) is 0 Å². The molecule has 0 aliphatic carbocycles. The van der Waals surface area contributed by atoms with Crippen molar-refractivity contribution in [3.63, 3.8) is 0 Å². The second kappa shape index (κ2) is 9.35. The number of aromatic nitrogens is 3. The van der Waals surface area contributed by atoms with E-state index in [4.69, 9.17) is 4.74 Å². The Labute approximate surface area is 155 Å². The second-order valence-corrected chi connectivity index (χ2v) is 6.97. The Morgan fingerprint density at radius 1 is 1.38 bits per heavy atom. The van der Waals surface area contributed by atoms with Gasteiger partial charge in [0.25, 0.3) is 0 Å². The largest absolute Gasteiger partial charge is 0.385 e. The van der Waals surface area contributed by atoms with Crippen molar-refractivity contribution in [1.82, 2.24) is 14.8 Å². The van der Waals surface area contributed by atoms with E-state index in [0.717, 1.165) is 0 Å². The average Bonchev–Trinajstić information content (AvgIpc) is 2.95. The topological polar surface area (TPSA) is 106 Å². The number of Topliss-reactive ketones (excluding diaryl/α,β-unsaturated/α-hetero) is 1. The number of ether oxygens (including phenoxy) is 1. The minimum absolute atomic E-state index is 0.125. The van der Waals surface area contributed by atoms with E-state index in [-0.39, 0.29) is 17.4 Å². The number of aromatic amines is 1. The second-order valence-electron chi connectivity index (χ2n) is 5.66. The van der Waals surface area contributed by atoms with Crippen LogP contribution < -0.4 is 11.0 Å². The number of methoxy groups -OCH3 is 1. The number of H-pyrrole nitrogens is 1. The van der Waals surface area contributed by atoms with Crippen molar-refractivity contribution in [3.05, 3.63) is 40.3 Å². The van der Waals surface area contributed by atoms with Crippen LogP contribution in [0.5, 0.6) is 0 Å². The summed E-state index contributed by atoms with van der Waals surface area (Å²) in [6, 6.07) is 6.84. The number of anilines is 1. The Morgan fingerprint density at radius 2 is 2.12 bits per heavy atom. The van der Waals surface area contributed by atoms with Crippen molar-refractivity contribution >= 4 is 29.1 Å². The number of benzene rings is 1. The summed E-state index contributed by atoms with van der Waals surface area (Å²) in [7, 11) is 1.60. The highest BCUT2D eigenvalue weighted by Gasteiger charge is 2.20. The third kappa shape index (κ3) is 5.06. The lowest BCUT2D eigenvalue weighted by atomic mass is 10.1. The van der Waals surface area contributed by atoms with Crippen molar-refractivity contribution < 1.29 is 14.3 Å². The number of ketones is 1. The first-order chi connectivity index (χ1) is 12.4. The van der Waals surface area contributed by atoms with Crippen LogP contribution in [0.1, 0.15) is 30.6 Å². The van der Waals surface area contributed by atoms with Crippen LogP contribution in [0.2, 0.25) is 0 Å². The smallest absolute Gasteiger partial charge is 0.343 e. The van der Waals surface area contributed by atoms with Gasteiger partial charge < -0.3 is 10.1 Å². The fraction of sp³-hybridized carbons (Fsp3) is 0.412. The van der Waals surface area contributed by atoms with E-state index in [1.54, 1.807) is 38.3 Å². The first-order valence-electron chi connectivity index (χ1n) is 8.15. The maximum atomic E-state index is 12.5. The third-order valence-electron chi connectivity index (χ3n) is 3.67. The van der Waals surface area contributed by atoms with E-state index in [1.165, 1.54) is 23.3 Å². The summed E-state index contributed by atoms with van der Waals surface area (Å²) < 4.78 is 6.47. The maximum Gasteiger partial charge on any atom is 0.343 e. The van der Waals surface area contributed by atoms with Crippen molar-refractivity contribution in [2.24, 2.45) is 0 Å². The molecule has 2 rings (SSSR count). The number of hydrogen-bond donors (Lipinski definition) is 2. The minimum Gasteiger partial charge on any atom is -0.385 e. The van der Waals surface area contributed by atoms with Gasteiger partial charge >= 0.3 is 5.69 Å². The van der Waals surface area contributed by atoms with E-state index in [9.17, 15) is 14.4 Å². The predicted octanol–water partition coefficient (Wildman–Crippen LogP) is 1.93. The Kier molecular flexibility index (Phi) is 7.16.